The van der Waals surface area contributed by atoms with Crippen LogP contribution in [0.15, 0.2) is 24.3 Å². The molecule has 1 aromatic rings. The highest BCUT2D eigenvalue weighted by Crippen LogP contribution is 2.10. The summed E-state index contributed by atoms with van der Waals surface area (Å²) in [7, 11) is 2.18. The first kappa shape index (κ1) is 14.5. The van der Waals surface area contributed by atoms with Gasteiger partial charge < -0.3 is 10.2 Å². The Kier molecular flexibility index (Phi) is 6.56. The number of rotatable bonds is 7. The van der Waals surface area contributed by atoms with Crippen LogP contribution in [-0.4, -0.2) is 31.1 Å². The van der Waals surface area contributed by atoms with Gasteiger partial charge in [0.2, 0.25) is 0 Å². The number of nitrogens with zero attached hydrogens (tertiary/aromatic N) is 1. The Balaban J connectivity index is 2.20. The summed E-state index contributed by atoms with van der Waals surface area (Å²) in [6.07, 6.45) is 1.20. The highest BCUT2D eigenvalue weighted by Gasteiger charge is 2.05. The Morgan fingerprint density at radius 2 is 2.18 bits per heavy atom. The fourth-order valence-electron chi connectivity index (χ4n) is 1.67. The third-order valence-corrected chi connectivity index (χ3v) is 3.44. The lowest BCUT2D eigenvalue weighted by molar-refractivity contribution is 0.252. The van der Waals surface area contributed by atoms with E-state index in [1.54, 1.807) is 0 Å². The van der Waals surface area contributed by atoms with Crippen LogP contribution < -0.4 is 5.32 Å². The van der Waals surface area contributed by atoms with Crippen molar-refractivity contribution in [2.24, 2.45) is 0 Å². The maximum Gasteiger partial charge on any atom is 0.0409 e. The summed E-state index contributed by atoms with van der Waals surface area (Å²) in [6.45, 7) is 7.45. The van der Waals surface area contributed by atoms with Gasteiger partial charge in [-0.15, -0.1) is 0 Å². The fourth-order valence-corrected chi connectivity index (χ4v) is 1.88. The third-order valence-electron chi connectivity index (χ3n) is 3.20. The Bertz CT molecular complexity index is 328. The van der Waals surface area contributed by atoms with E-state index < -0.39 is 0 Å². The van der Waals surface area contributed by atoms with Gasteiger partial charge in [0, 0.05) is 30.7 Å². The van der Waals surface area contributed by atoms with Crippen LogP contribution in [0.1, 0.15) is 25.8 Å². The molecular weight excluding hydrogens is 232 g/mol. The molecule has 0 aliphatic rings. The molecule has 0 saturated carbocycles. The van der Waals surface area contributed by atoms with E-state index in [-0.39, 0.29) is 0 Å². The predicted molar refractivity (Wildman–Crippen MR) is 75.5 cm³/mol. The molecule has 1 N–H and O–H groups in total. The third kappa shape index (κ3) is 5.53. The van der Waals surface area contributed by atoms with Crippen molar-refractivity contribution >= 4 is 11.6 Å². The Morgan fingerprint density at radius 3 is 2.82 bits per heavy atom. The van der Waals surface area contributed by atoms with Gasteiger partial charge in [-0.05, 0) is 38.1 Å². The number of halogens is 1. The lowest BCUT2D eigenvalue weighted by Crippen LogP contribution is -2.34. The van der Waals surface area contributed by atoms with Gasteiger partial charge >= 0.3 is 0 Å². The first-order valence-corrected chi connectivity index (χ1v) is 6.66. The molecule has 2 nitrogen and oxygen atoms in total. The summed E-state index contributed by atoms with van der Waals surface area (Å²) >= 11 is 5.93. The molecule has 0 amide bonds. The molecule has 0 aliphatic heterocycles. The van der Waals surface area contributed by atoms with Gasteiger partial charge in [0.15, 0.2) is 0 Å². The summed E-state index contributed by atoms with van der Waals surface area (Å²) in [6, 6.07) is 8.65. The van der Waals surface area contributed by atoms with Crippen molar-refractivity contribution in [3.8, 4) is 0 Å². The molecule has 17 heavy (non-hydrogen) atoms. The molecule has 0 aromatic heterocycles. The van der Waals surface area contributed by atoms with Gasteiger partial charge in [0.05, 0.1) is 0 Å². The van der Waals surface area contributed by atoms with Gasteiger partial charge in [0.1, 0.15) is 0 Å². The predicted octanol–water partition coefficient (Wildman–Crippen LogP) is 3.16. The lowest BCUT2D eigenvalue weighted by Gasteiger charge is -2.23. The Morgan fingerprint density at radius 1 is 1.41 bits per heavy atom. The topological polar surface area (TPSA) is 15.3 Å². The molecule has 1 atom stereocenters. The van der Waals surface area contributed by atoms with E-state index in [0.29, 0.717) is 6.04 Å². The second-order valence-corrected chi connectivity index (χ2v) is 4.98. The van der Waals surface area contributed by atoms with Crippen LogP contribution in [0.5, 0.6) is 0 Å². The fraction of sp³-hybridized carbons (Fsp3) is 0.571. The van der Waals surface area contributed by atoms with Crippen molar-refractivity contribution in [2.45, 2.75) is 32.9 Å². The second kappa shape index (κ2) is 7.70. The van der Waals surface area contributed by atoms with E-state index in [9.17, 15) is 0 Å². The van der Waals surface area contributed by atoms with Crippen LogP contribution in [0.4, 0.5) is 0 Å². The van der Waals surface area contributed by atoms with Crippen LogP contribution in [0.25, 0.3) is 0 Å². The molecule has 1 rings (SSSR count). The molecule has 0 spiro atoms. The molecule has 0 bridgehead atoms. The summed E-state index contributed by atoms with van der Waals surface area (Å²) < 4.78 is 0. The summed E-state index contributed by atoms with van der Waals surface area (Å²) in [5, 5.41) is 4.24. The molecule has 0 saturated heterocycles. The van der Waals surface area contributed by atoms with Crippen molar-refractivity contribution in [1.29, 1.82) is 0 Å². The van der Waals surface area contributed by atoms with E-state index in [1.807, 2.05) is 18.2 Å². The van der Waals surface area contributed by atoms with Gasteiger partial charge in [-0.1, -0.05) is 30.7 Å². The smallest absolute Gasteiger partial charge is 0.0409 e. The van der Waals surface area contributed by atoms with Crippen molar-refractivity contribution in [3.05, 3.63) is 34.9 Å². The van der Waals surface area contributed by atoms with Gasteiger partial charge in [-0.25, -0.2) is 0 Å². The minimum Gasteiger partial charge on any atom is -0.311 e. The summed E-state index contributed by atoms with van der Waals surface area (Å²) in [5.74, 6) is 0. The second-order valence-electron chi connectivity index (χ2n) is 4.54. The number of hydrogen-bond acceptors (Lipinski definition) is 2. The van der Waals surface area contributed by atoms with E-state index in [4.69, 9.17) is 11.6 Å². The highest BCUT2D eigenvalue weighted by atomic mass is 35.5. The Hall–Kier alpha value is -0.570. The Labute approximate surface area is 110 Å². The number of likely N-dealkylation sites (N-methyl/N-ethyl adjacent to an activating group) is 1. The molecule has 3 heteroatoms. The normalized spacial score (nSPS) is 13.0. The molecule has 0 radical (unpaired) electrons. The molecule has 0 aliphatic carbocycles. The van der Waals surface area contributed by atoms with E-state index >= 15 is 0 Å². The number of hydrogen-bond donors (Lipinski definition) is 1. The zero-order chi connectivity index (χ0) is 12.7. The zero-order valence-corrected chi connectivity index (χ0v) is 11.8. The van der Waals surface area contributed by atoms with Crippen LogP contribution in [0, 0.1) is 0 Å². The highest BCUT2D eigenvalue weighted by molar-refractivity contribution is 6.30. The lowest BCUT2D eigenvalue weighted by atomic mass is 10.2. The molecule has 1 unspecified atom stereocenters. The summed E-state index contributed by atoms with van der Waals surface area (Å²) in [5.41, 5.74) is 1.24. The number of benzene rings is 1. The van der Waals surface area contributed by atoms with Crippen molar-refractivity contribution in [2.75, 3.05) is 20.1 Å². The van der Waals surface area contributed by atoms with E-state index in [2.05, 4.69) is 37.2 Å². The van der Waals surface area contributed by atoms with Gasteiger partial charge in [-0.2, -0.15) is 0 Å². The van der Waals surface area contributed by atoms with Crippen molar-refractivity contribution < 1.29 is 0 Å². The van der Waals surface area contributed by atoms with Crippen LogP contribution >= 0.6 is 11.6 Å². The van der Waals surface area contributed by atoms with E-state index in [1.165, 1.54) is 12.0 Å². The largest absolute Gasteiger partial charge is 0.311 e. The average molecular weight is 255 g/mol. The minimum atomic E-state index is 0.656. The van der Waals surface area contributed by atoms with Crippen LogP contribution in [0.2, 0.25) is 5.02 Å². The SMILES string of the molecule is CCC(C)N(C)CCNCc1cccc(Cl)c1. The standard InChI is InChI=1S/C14H23ClN2/c1-4-12(2)17(3)9-8-16-11-13-6-5-7-14(15)10-13/h5-7,10,12,16H,4,8-9,11H2,1-3H3. The van der Waals surface area contributed by atoms with Crippen LogP contribution in [-0.2, 0) is 6.54 Å². The van der Waals surface area contributed by atoms with Gasteiger partial charge in [0.25, 0.3) is 0 Å². The summed E-state index contributed by atoms with van der Waals surface area (Å²) in [4.78, 5) is 2.38. The monoisotopic (exact) mass is 254 g/mol. The first-order chi connectivity index (χ1) is 8.13. The molecule has 1 aromatic carbocycles. The maximum absolute atomic E-state index is 5.93. The molecular formula is C14H23ClN2. The maximum atomic E-state index is 5.93. The van der Waals surface area contributed by atoms with E-state index in [0.717, 1.165) is 24.7 Å². The molecule has 0 fully saturated rings. The molecule has 0 heterocycles. The molecule has 96 valence electrons. The number of nitrogens with one attached hydrogen (secondary N) is 1. The first-order valence-electron chi connectivity index (χ1n) is 6.29. The quantitative estimate of drug-likeness (QED) is 0.752. The average Bonchev–Trinajstić information content (AvgIpc) is 2.33. The zero-order valence-electron chi connectivity index (χ0n) is 11.0. The van der Waals surface area contributed by atoms with Gasteiger partial charge in [-0.3, -0.25) is 0 Å². The van der Waals surface area contributed by atoms with Crippen molar-refractivity contribution in [3.63, 3.8) is 0 Å². The minimum absolute atomic E-state index is 0.656. The van der Waals surface area contributed by atoms with Crippen molar-refractivity contribution in [1.82, 2.24) is 10.2 Å². The van der Waals surface area contributed by atoms with Crippen LogP contribution in [0.3, 0.4) is 0 Å².